The van der Waals surface area contributed by atoms with Crippen LogP contribution in [-0.4, -0.2) is 80.1 Å². The van der Waals surface area contributed by atoms with Gasteiger partial charge in [-0.1, -0.05) is 24.3 Å². The van der Waals surface area contributed by atoms with E-state index in [1.165, 1.54) is 0 Å². The van der Waals surface area contributed by atoms with Crippen LogP contribution in [0.25, 0.3) is 0 Å². The zero-order valence-electron chi connectivity index (χ0n) is 25.9. The monoisotopic (exact) mass is 582 g/mol. The van der Waals surface area contributed by atoms with Gasteiger partial charge in [-0.05, 0) is 82.7 Å². The molecule has 9 heteroatoms. The van der Waals surface area contributed by atoms with Crippen LogP contribution in [0.5, 0.6) is 17.2 Å². The van der Waals surface area contributed by atoms with Gasteiger partial charge in [0.15, 0.2) is 11.5 Å². The van der Waals surface area contributed by atoms with Gasteiger partial charge in [0.1, 0.15) is 24.1 Å². The number of carbonyl (C=O) groups excluding carboxylic acids is 2. The fourth-order valence-corrected chi connectivity index (χ4v) is 5.73. The van der Waals surface area contributed by atoms with Crippen molar-refractivity contribution in [1.82, 2.24) is 9.80 Å². The van der Waals surface area contributed by atoms with Crippen molar-refractivity contribution in [2.45, 2.75) is 77.7 Å². The molecular weight excluding hydrogens is 536 g/mol. The number of amides is 2. The molecule has 1 atom stereocenters. The third-order valence-electron chi connectivity index (χ3n) is 7.87. The molecule has 42 heavy (non-hydrogen) atoms. The summed E-state index contributed by atoms with van der Waals surface area (Å²) in [7, 11) is 3.27. The molecule has 2 aliphatic rings. The lowest BCUT2D eigenvalue weighted by atomic mass is 9.84. The molecule has 0 N–H and O–H groups in total. The lowest BCUT2D eigenvalue weighted by Gasteiger charge is -2.39. The Morgan fingerprint density at radius 3 is 2.31 bits per heavy atom. The number of para-hydroxylation sites is 2. The molecule has 1 saturated heterocycles. The van der Waals surface area contributed by atoms with Crippen LogP contribution in [0.15, 0.2) is 42.5 Å². The highest BCUT2D eigenvalue weighted by Crippen LogP contribution is 2.32. The highest BCUT2D eigenvalue weighted by Gasteiger charge is 2.36. The van der Waals surface area contributed by atoms with E-state index in [2.05, 4.69) is 6.07 Å². The number of nitrogens with zero attached hydrogens (tertiary/aromatic N) is 2. The van der Waals surface area contributed by atoms with E-state index in [1.54, 1.807) is 14.2 Å². The SMILES string of the molecule is COc1ccc(CN(C(=O)OC(C)(C)C)C2CCC(C(=O)N3CCOC(COc4ccccc4OC)C3)CC2)cc1C. The van der Waals surface area contributed by atoms with Gasteiger partial charge in [0, 0.05) is 25.0 Å². The second-order valence-corrected chi connectivity index (χ2v) is 12.2. The molecule has 1 aliphatic carbocycles. The predicted octanol–water partition coefficient (Wildman–Crippen LogP) is 5.61. The van der Waals surface area contributed by atoms with E-state index < -0.39 is 5.60 Å². The van der Waals surface area contributed by atoms with Gasteiger partial charge in [-0.3, -0.25) is 4.79 Å². The predicted molar refractivity (Wildman–Crippen MR) is 160 cm³/mol. The maximum atomic E-state index is 13.6. The highest BCUT2D eigenvalue weighted by molar-refractivity contribution is 5.79. The smallest absolute Gasteiger partial charge is 0.410 e. The first kappa shape index (κ1) is 31.5. The van der Waals surface area contributed by atoms with Crippen LogP contribution in [0.4, 0.5) is 4.79 Å². The second kappa shape index (κ2) is 14.1. The summed E-state index contributed by atoms with van der Waals surface area (Å²) in [5.41, 5.74) is 1.44. The number of methoxy groups -OCH3 is 2. The molecule has 2 fully saturated rings. The van der Waals surface area contributed by atoms with Gasteiger partial charge in [0.25, 0.3) is 0 Å². The van der Waals surface area contributed by atoms with Gasteiger partial charge in [0.2, 0.25) is 5.91 Å². The van der Waals surface area contributed by atoms with Crippen LogP contribution in [0, 0.1) is 12.8 Å². The Hall–Kier alpha value is -3.46. The minimum absolute atomic E-state index is 0.00185. The molecule has 2 aromatic carbocycles. The van der Waals surface area contributed by atoms with Gasteiger partial charge in [-0.25, -0.2) is 4.79 Å². The van der Waals surface area contributed by atoms with E-state index >= 15 is 0 Å². The molecule has 1 aliphatic heterocycles. The summed E-state index contributed by atoms with van der Waals surface area (Å²) >= 11 is 0. The van der Waals surface area contributed by atoms with Crippen molar-refractivity contribution in [3.05, 3.63) is 53.6 Å². The van der Waals surface area contributed by atoms with E-state index in [-0.39, 0.29) is 30.1 Å². The zero-order valence-corrected chi connectivity index (χ0v) is 25.9. The van der Waals surface area contributed by atoms with Crippen LogP contribution in [0.3, 0.4) is 0 Å². The minimum Gasteiger partial charge on any atom is -0.496 e. The maximum absolute atomic E-state index is 13.6. The normalized spacial score (nSPS) is 20.9. The van der Waals surface area contributed by atoms with E-state index in [0.717, 1.165) is 42.6 Å². The lowest BCUT2D eigenvalue weighted by Crippen LogP contribution is -2.51. The van der Waals surface area contributed by atoms with Gasteiger partial charge in [-0.15, -0.1) is 0 Å². The molecular formula is C33H46N2O7. The van der Waals surface area contributed by atoms with Crippen molar-refractivity contribution in [2.24, 2.45) is 5.92 Å². The minimum atomic E-state index is -0.597. The summed E-state index contributed by atoms with van der Waals surface area (Å²) < 4.78 is 28.5. The van der Waals surface area contributed by atoms with E-state index in [0.29, 0.717) is 44.3 Å². The molecule has 230 valence electrons. The first-order chi connectivity index (χ1) is 20.1. The number of hydrogen-bond acceptors (Lipinski definition) is 7. The largest absolute Gasteiger partial charge is 0.496 e. The van der Waals surface area contributed by atoms with Gasteiger partial charge in [0.05, 0.1) is 27.4 Å². The number of morpholine rings is 1. The van der Waals surface area contributed by atoms with E-state index in [9.17, 15) is 9.59 Å². The highest BCUT2D eigenvalue weighted by atomic mass is 16.6. The Morgan fingerprint density at radius 1 is 0.976 bits per heavy atom. The average Bonchev–Trinajstić information content (AvgIpc) is 2.98. The van der Waals surface area contributed by atoms with Gasteiger partial charge < -0.3 is 33.5 Å². The van der Waals surface area contributed by atoms with Crippen molar-refractivity contribution in [3.8, 4) is 17.2 Å². The van der Waals surface area contributed by atoms with Crippen LogP contribution >= 0.6 is 0 Å². The number of aryl methyl sites for hydroxylation is 1. The molecule has 0 radical (unpaired) electrons. The molecule has 0 spiro atoms. The lowest BCUT2D eigenvalue weighted by molar-refractivity contribution is -0.145. The molecule has 1 saturated carbocycles. The quantitative estimate of drug-likeness (QED) is 0.380. The van der Waals surface area contributed by atoms with Crippen LogP contribution in [0.2, 0.25) is 0 Å². The van der Waals surface area contributed by atoms with Crippen molar-refractivity contribution >= 4 is 12.0 Å². The summed E-state index contributed by atoms with van der Waals surface area (Å²) in [5, 5.41) is 0. The molecule has 1 heterocycles. The fourth-order valence-electron chi connectivity index (χ4n) is 5.73. The Labute approximate surface area is 250 Å². The summed E-state index contributed by atoms with van der Waals surface area (Å²) in [4.78, 5) is 30.7. The number of benzene rings is 2. The summed E-state index contributed by atoms with van der Waals surface area (Å²) in [6.07, 6.45) is 2.41. The van der Waals surface area contributed by atoms with Crippen molar-refractivity contribution < 1.29 is 33.3 Å². The van der Waals surface area contributed by atoms with Gasteiger partial charge >= 0.3 is 6.09 Å². The first-order valence-electron chi connectivity index (χ1n) is 14.9. The summed E-state index contributed by atoms with van der Waals surface area (Å²) in [6, 6.07) is 13.5. The van der Waals surface area contributed by atoms with Crippen LogP contribution in [-0.2, 0) is 20.8 Å². The van der Waals surface area contributed by atoms with Crippen molar-refractivity contribution in [3.63, 3.8) is 0 Å². The molecule has 4 rings (SSSR count). The van der Waals surface area contributed by atoms with Crippen LogP contribution in [0.1, 0.15) is 57.6 Å². The Morgan fingerprint density at radius 2 is 1.67 bits per heavy atom. The molecule has 0 bridgehead atoms. The van der Waals surface area contributed by atoms with Crippen LogP contribution < -0.4 is 14.2 Å². The molecule has 9 nitrogen and oxygen atoms in total. The Bertz CT molecular complexity index is 1200. The number of carbonyl (C=O) groups is 2. The Kier molecular flexibility index (Phi) is 10.6. The first-order valence-corrected chi connectivity index (χ1v) is 14.9. The maximum Gasteiger partial charge on any atom is 0.410 e. The summed E-state index contributed by atoms with van der Waals surface area (Å²) in [5.74, 6) is 2.23. The number of ether oxygens (including phenoxy) is 5. The third-order valence-corrected chi connectivity index (χ3v) is 7.87. The summed E-state index contributed by atoms with van der Waals surface area (Å²) in [6.45, 7) is 9.98. The number of hydrogen-bond donors (Lipinski definition) is 0. The number of rotatable bonds is 9. The molecule has 2 aromatic rings. The van der Waals surface area contributed by atoms with Crippen molar-refractivity contribution in [2.75, 3.05) is 40.5 Å². The molecule has 2 amide bonds. The standard InChI is InChI=1S/C33H46N2O7/c1-23-19-24(11-16-28(23)38-5)20-35(32(37)42-33(2,3)4)26-14-12-25(13-15-26)31(36)34-17-18-40-27(21-34)22-41-30-10-8-7-9-29(30)39-6/h7-11,16,19,25-27H,12-15,17-18,20-22H2,1-6H3. The third kappa shape index (κ3) is 8.31. The average molecular weight is 583 g/mol. The fraction of sp³-hybridized carbons (Fsp3) is 0.576. The topological polar surface area (TPSA) is 86.8 Å². The Balaban J connectivity index is 1.35. The second-order valence-electron chi connectivity index (χ2n) is 12.2. The van der Waals surface area contributed by atoms with E-state index in [1.807, 2.05) is 73.9 Å². The zero-order chi connectivity index (χ0) is 30.3. The van der Waals surface area contributed by atoms with E-state index in [4.69, 9.17) is 23.7 Å². The molecule has 1 unspecified atom stereocenters. The van der Waals surface area contributed by atoms with Gasteiger partial charge in [-0.2, -0.15) is 0 Å². The van der Waals surface area contributed by atoms with Crippen molar-refractivity contribution in [1.29, 1.82) is 0 Å². The molecule has 0 aromatic heterocycles.